The molecule has 0 saturated heterocycles. The van der Waals surface area contributed by atoms with Gasteiger partial charge in [-0.1, -0.05) is 0 Å². The Bertz CT molecular complexity index is 487. The smallest absolute Gasteiger partial charge is 0.265 e. The molecule has 78 valence electrons. The molecule has 1 aromatic heterocycles. The molecule has 4 heteroatoms. The predicted octanol–water partition coefficient (Wildman–Crippen LogP) is 1.37. The Hall–Kier alpha value is -1.81. The fourth-order valence-corrected chi connectivity index (χ4v) is 1.46. The molecule has 2 aromatic rings. The third-order valence-electron chi connectivity index (χ3n) is 2.14. The van der Waals surface area contributed by atoms with Crippen molar-refractivity contribution >= 4 is 16.8 Å². The van der Waals surface area contributed by atoms with Gasteiger partial charge in [0.05, 0.1) is 0 Å². The van der Waals surface area contributed by atoms with Crippen molar-refractivity contribution in [2.24, 2.45) is 0 Å². The minimum Gasteiger partial charge on any atom is -0.361 e. The van der Waals surface area contributed by atoms with Crippen LogP contribution in [0.15, 0.2) is 30.5 Å². The third kappa shape index (κ3) is 1.99. The van der Waals surface area contributed by atoms with E-state index in [1.807, 2.05) is 24.4 Å². The van der Waals surface area contributed by atoms with Crippen LogP contribution in [0.2, 0.25) is 0 Å². The number of nitrogens with zero attached hydrogens (tertiary/aromatic N) is 1. The first kappa shape index (κ1) is 9.73. The maximum Gasteiger partial charge on any atom is 0.265 e. The minimum absolute atomic E-state index is 0.0944. The molecule has 0 aliphatic carbocycles. The van der Waals surface area contributed by atoms with Crippen molar-refractivity contribution in [1.29, 1.82) is 0 Å². The van der Waals surface area contributed by atoms with Gasteiger partial charge in [-0.25, -0.2) is 5.01 Å². The van der Waals surface area contributed by atoms with Crippen molar-refractivity contribution < 1.29 is 4.79 Å². The molecule has 0 aliphatic rings. The van der Waals surface area contributed by atoms with Crippen LogP contribution in [-0.4, -0.2) is 30.0 Å². The number of H-pyrrole nitrogens is 1. The molecule has 0 bridgehead atoms. The highest BCUT2D eigenvalue weighted by atomic mass is 16.2. The Morgan fingerprint density at radius 2 is 2.13 bits per heavy atom. The number of aromatic amines is 1. The molecule has 0 radical (unpaired) electrons. The third-order valence-corrected chi connectivity index (χ3v) is 2.14. The highest BCUT2D eigenvalue weighted by molar-refractivity contribution is 5.97. The molecule has 4 nitrogen and oxygen atoms in total. The number of rotatable bonds is 2. The average molecular weight is 203 g/mol. The molecule has 0 aliphatic heterocycles. The molecule has 0 fully saturated rings. The maximum atomic E-state index is 11.7. The summed E-state index contributed by atoms with van der Waals surface area (Å²) in [5.41, 5.74) is 4.40. The van der Waals surface area contributed by atoms with E-state index in [2.05, 4.69) is 10.4 Å². The number of aromatic nitrogens is 1. The number of benzene rings is 1. The molecule has 0 atom stereocenters. The van der Waals surface area contributed by atoms with Crippen LogP contribution in [0.1, 0.15) is 10.4 Å². The lowest BCUT2D eigenvalue weighted by atomic mass is 10.1. The highest BCUT2D eigenvalue weighted by Gasteiger charge is 2.06. The van der Waals surface area contributed by atoms with Crippen molar-refractivity contribution in [2.45, 2.75) is 0 Å². The van der Waals surface area contributed by atoms with Crippen LogP contribution in [0.3, 0.4) is 0 Å². The summed E-state index contributed by atoms with van der Waals surface area (Å²) in [7, 11) is 3.57. The lowest BCUT2D eigenvalue weighted by Gasteiger charge is -2.11. The molecule has 2 N–H and O–H groups in total. The van der Waals surface area contributed by atoms with E-state index in [9.17, 15) is 4.79 Å². The second-order valence-corrected chi connectivity index (χ2v) is 3.62. The van der Waals surface area contributed by atoms with Crippen LogP contribution in [0.25, 0.3) is 10.9 Å². The topological polar surface area (TPSA) is 48.1 Å². The van der Waals surface area contributed by atoms with Gasteiger partial charge in [0.1, 0.15) is 0 Å². The van der Waals surface area contributed by atoms with Gasteiger partial charge in [-0.2, -0.15) is 0 Å². The van der Waals surface area contributed by atoms with Crippen LogP contribution in [0, 0.1) is 0 Å². The Labute approximate surface area is 87.9 Å². The summed E-state index contributed by atoms with van der Waals surface area (Å²) in [6, 6.07) is 7.52. The molecule has 0 saturated carbocycles. The van der Waals surface area contributed by atoms with Gasteiger partial charge in [0.25, 0.3) is 5.91 Å². The van der Waals surface area contributed by atoms with E-state index in [0.717, 1.165) is 10.9 Å². The first-order valence-electron chi connectivity index (χ1n) is 4.72. The van der Waals surface area contributed by atoms with Crippen LogP contribution in [0.4, 0.5) is 0 Å². The number of carbonyl (C=O) groups is 1. The number of hydrogen-bond acceptors (Lipinski definition) is 2. The number of fused-ring (bicyclic) bond motifs is 1. The molecular formula is C11H13N3O. The van der Waals surface area contributed by atoms with E-state index in [4.69, 9.17) is 0 Å². The van der Waals surface area contributed by atoms with Crippen molar-refractivity contribution in [3.63, 3.8) is 0 Å². The van der Waals surface area contributed by atoms with E-state index in [-0.39, 0.29) is 5.91 Å². The standard InChI is InChI=1S/C11H13N3O/c1-14(2)13-11(15)9-3-4-10-8(7-9)5-6-12-10/h3-7,12H,1-2H3,(H,13,15). The fourth-order valence-electron chi connectivity index (χ4n) is 1.46. The molecule has 1 heterocycles. The fraction of sp³-hybridized carbons (Fsp3) is 0.182. The Morgan fingerprint density at radius 3 is 2.87 bits per heavy atom. The Kier molecular flexibility index (Phi) is 2.43. The maximum absolute atomic E-state index is 11.7. The van der Waals surface area contributed by atoms with E-state index >= 15 is 0 Å². The second kappa shape index (κ2) is 3.74. The molecular weight excluding hydrogens is 190 g/mol. The van der Waals surface area contributed by atoms with Gasteiger partial charge in [-0.3, -0.25) is 10.2 Å². The van der Waals surface area contributed by atoms with Gasteiger partial charge in [-0.15, -0.1) is 0 Å². The monoisotopic (exact) mass is 203 g/mol. The summed E-state index contributed by atoms with van der Waals surface area (Å²) in [5, 5.41) is 2.67. The molecule has 1 aromatic carbocycles. The van der Waals surface area contributed by atoms with Crippen LogP contribution < -0.4 is 5.43 Å². The van der Waals surface area contributed by atoms with Gasteiger partial charge in [0, 0.05) is 36.8 Å². The Morgan fingerprint density at radius 1 is 1.33 bits per heavy atom. The first-order valence-corrected chi connectivity index (χ1v) is 4.72. The summed E-state index contributed by atoms with van der Waals surface area (Å²) in [5.74, 6) is -0.0944. The number of nitrogens with one attached hydrogen (secondary N) is 2. The zero-order valence-corrected chi connectivity index (χ0v) is 8.74. The zero-order chi connectivity index (χ0) is 10.8. The van der Waals surface area contributed by atoms with Crippen molar-refractivity contribution in [3.8, 4) is 0 Å². The summed E-state index contributed by atoms with van der Waals surface area (Å²) < 4.78 is 0. The molecule has 0 unspecified atom stereocenters. The van der Waals surface area contributed by atoms with Crippen LogP contribution >= 0.6 is 0 Å². The molecule has 1 amide bonds. The van der Waals surface area contributed by atoms with Crippen LogP contribution in [0.5, 0.6) is 0 Å². The van der Waals surface area contributed by atoms with Gasteiger partial charge < -0.3 is 4.98 Å². The number of carbonyl (C=O) groups excluding carboxylic acids is 1. The van der Waals surface area contributed by atoms with E-state index in [1.54, 1.807) is 25.2 Å². The second-order valence-electron chi connectivity index (χ2n) is 3.62. The normalized spacial score (nSPS) is 10.9. The largest absolute Gasteiger partial charge is 0.361 e. The number of amides is 1. The van der Waals surface area contributed by atoms with Gasteiger partial charge in [0.2, 0.25) is 0 Å². The number of hydrazine groups is 1. The summed E-state index contributed by atoms with van der Waals surface area (Å²) >= 11 is 0. The average Bonchev–Trinajstić information content (AvgIpc) is 2.62. The number of hydrogen-bond donors (Lipinski definition) is 2. The lowest BCUT2D eigenvalue weighted by Crippen LogP contribution is -2.36. The van der Waals surface area contributed by atoms with E-state index in [0.29, 0.717) is 5.56 Å². The molecule has 15 heavy (non-hydrogen) atoms. The highest BCUT2D eigenvalue weighted by Crippen LogP contribution is 2.13. The van der Waals surface area contributed by atoms with Crippen LogP contribution in [-0.2, 0) is 0 Å². The Balaban J connectivity index is 2.31. The van der Waals surface area contributed by atoms with E-state index in [1.165, 1.54) is 0 Å². The van der Waals surface area contributed by atoms with Crippen molar-refractivity contribution in [1.82, 2.24) is 15.4 Å². The summed E-state index contributed by atoms with van der Waals surface area (Å²) in [4.78, 5) is 14.7. The minimum atomic E-state index is -0.0944. The van der Waals surface area contributed by atoms with Gasteiger partial charge in [-0.05, 0) is 24.3 Å². The van der Waals surface area contributed by atoms with Gasteiger partial charge >= 0.3 is 0 Å². The van der Waals surface area contributed by atoms with Crippen molar-refractivity contribution in [3.05, 3.63) is 36.0 Å². The summed E-state index contributed by atoms with van der Waals surface area (Å²) in [6.07, 6.45) is 1.86. The van der Waals surface area contributed by atoms with Crippen molar-refractivity contribution in [2.75, 3.05) is 14.1 Å². The predicted molar refractivity (Wildman–Crippen MR) is 59.5 cm³/mol. The quantitative estimate of drug-likeness (QED) is 0.724. The van der Waals surface area contributed by atoms with Gasteiger partial charge in [0.15, 0.2) is 0 Å². The molecule has 2 rings (SSSR count). The SMILES string of the molecule is CN(C)NC(=O)c1ccc2[nH]ccc2c1. The zero-order valence-electron chi connectivity index (χ0n) is 8.74. The summed E-state index contributed by atoms with van der Waals surface area (Å²) in [6.45, 7) is 0. The molecule has 0 spiro atoms. The lowest BCUT2D eigenvalue weighted by molar-refractivity contribution is 0.0857. The first-order chi connectivity index (χ1) is 7.16. The van der Waals surface area contributed by atoms with E-state index < -0.39 is 0 Å².